The van der Waals surface area contributed by atoms with E-state index in [4.69, 9.17) is 15.2 Å². The molecule has 0 unspecified atom stereocenters. The number of esters is 1. The molecule has 0 saturated heterocycles. The summed E-state index contributed by atoms with van der Waals surface area (Å²) in [5.41, 5.74) is 9.78. The third-order valence-corrected chi connectivity index (χ3v) is 6.39. The van der Waals surface area contributed by atoms with Crippen LogP contribution in [-0.4, -0.2) is 28.6 Å². The molecule has 0 spiro atoms. The molecule has 4 rings (SSSR count). The van der Waals surface area contributed by atoms with Crippen molar-refractivity contribution in [2.24, 2.45) is 5.92 Å². The summed E-state index contributed by atoms with van der Waals surface area (Å²) in [5.74, 6) is 1.85. The van der Waals surface area contributed by atoms with Gasteiger partial charge in [-0.1, -0.05) is 24.3 Å². The van der Waals surface area contributed by atoms with Crippen molar-refractivity contribution in [1.29, 1.82) is 0 Å². The highest BCUT2D eigenvalue weighted by atomic mass is 16.5. The molecule has 1 aliphatic carbocycles. The summed E-state index contributed by atoms with van der Waals surface area (Å²) in [6.45, 7) is 4.08. The molecule has 1 fully saturated rings. The molecule has 2 N–H and O–H groups in total. The summed E-state index contributed by atoms with van der Waals surface area (Å²) in [7, 11) is 1.46. The molecule has 2 aromatic rings. The molecule has 6 heteroatoms. The van der Waals surface area contributed by atoms with Gasteiger partial charge in [0.15, 0.2) is 0 Å². The van der Waals surface area contributed by atoms with E-state index in [0.29, 0.717) is 30.0 Å². The number of aromatic nitrogens is 2. The molecule has 0 radical (unpaired) electrons. The van der Waals surface area contributed by atoms with Crippen molar-refractivity contribution in [3.05, 3.63) is 47.3 Å². The van der Waals surface area contributed by atoms with Crippen LogP contribution < -0.4 is 10.5 Å². The van der Waals surface area contributed by atoms with Crippen molar-refractivity contribution in [3.63, 3.8) is 0 Å². The molecule has 30 heavy (non-hydrogen) atoms. The van der Waals surface area contributed by atoms with Gasteiger partial charge in [-0.15, -0.1) is 0 Å². The number of fused-ring (bicyclic) bond motifs is 1. The maximum Gasteiger partial charge on any atom is 0.305 e. The van der Waals surface area contributed by atoms with Gasteiger partial charge < -0.3 is 15.2 Å². The van der Waals surface area contributed by atoms with Crippen LogP contribution in [0, 0.1) is 5.92 Å². The van der Waals surface area contributed by atoms with Gasteiger partial charge >= 0.3 is 5.97 Å². The Labute approximate surface area is 177 Å². The zero-order chi connectivity index (χ0) is 21.3. The Morgan fingerprint density at radius 2 is 1.87 bits per heavy atom. The predicted octanol–water partition coefficient (Wildman–Crippen LogP) is 4.61. The Kier molecular flexibility index (Phi) is 5.50. The smallest absolute Gasteiger partial charge is 0.305 e. The highest BCUT2D eigenvalue weighted by Gasteiger charge is 2.33. The van der Waals surface area contributed by atoms with Gasteiger partial charge in [0, 0.05) is 12.0 Å². The van der Waals surface area contributed by atoms with E-state index in [1.807, 2.05) is 19.9 Å². The fourth-order valence-electron chi connectivity index (χ4n) is 4.61. The summed E-state index contributed by atoms with van der Waals surface area (Å²) in [4.78, 5) is 19.8. The molecule has 158 valence electrons. The number of nitrogens with zero attached hydrogens (tertiary/aromatic N) is 2. The lowest BCUT2D eigenvalue weighted by Gasteiger charge is -2.33. The minimum Gasteiger partial charge on any atom is -0.469 e. The van der Waals surface area contributed by atoms with Gasteiger partial charge in [0.05, 0.1) is 12.7 Å². The van der Waals surface area contributed by atoms with Crippen molar-refractivity contribution in [1.82, 2.24) is 9.97 Å². The Bertz CT molecular complexity index is 958. The molecule has 0 amide bonds. The molecule has 1 saturated carbocycles. The van der Waals surface area contributed by atoms with Crippen molar-refractivity contribution >= 4 is 23.4 Å². The average Bonchev–Trinajstić information content (AvgIpc) is 2.73. The first kappa shape index (κ1) is 20.4. The number of anilines is 1. The van der Waals surface area contributed by atoms with E-state index in [9.17, 15) is 4.79 Å². The van der Waals surface area contributed by atoms with Crippen LogP contribution >= 0.6 is 0 Å². The Balaban J connectivity index is 1.50. The number of rotatable bonds is 4. The Morgan fingerprint density at radius 3 is 2.53 bits per heavy atom. The first-order valence-corrected chi connectivity index (χ1v) is 10.6. The maximum atomic E-state index is 11.5. The van der Waals surface area contributed by atoms with Crippen molar-refractivity contribution in [2.45, 2.75) is 57.5 Å². The lowest BCUT2D eigenvalue weighted by molar-refractivity contribution is -0.142. The molecule has 6 nitrogen and oxygen atoms in total. The third kappa shape index (κ3) is 4.04. The number of benzene rings is 1. The topological polar surface area (TPSA) is 87.3 Å². The average molecular weight is 408 g/mol. The van der Waals surface area contributed by atoms with Crippen molar-refractivity contribution in [3.8, 4) is 5.88 Å². The summed E-state index contributed by atoms with van der Waals surface area (Å²) in [6, 6.07) is 8.77. The normalized spacial score (nSPS) is 22.4. The lowest BCUT2D eigenvalue weighted by Crippen LogP contribution is -2.33. The van der Waals surface area contributed by atoms with Gasteiger partial charge in [-0.05, 0) is 68.6 Å². The van der Waals surface area contributed by atoms with Crippen LogP contribution in [-0.2, 0) is 9.53 Å². The third-order valence-electron chi connectivity index (χ3n) is 6.39. The lowest BCUT2D eigenvalue weighted by atomic mass is 9.77. The van der Waals surface area contributed by atoms with E-state index >= 15 is 0 Å². The maximum absolute atomic E-state index is 11.5. The quantitative estimate of drug-likeness (QED) is 0.745. The molecule has 0 atom stereocenters. The first-order chi connectivity index (χ1) is 14.4. The van der Waals surface area contributed by atoms with Gasteiger partial charge in [0.2, 0.25) is 5.88 Å². The fourth-order valence-corrected chi connectivity index (χ4v) is 4.61. The Hall–Kier alpha value is -2.89. The van der Waals surface area contributed by atoms with Gasteiger partial charge in [-0.25, -0.2) is 9.97 Å². The molecule has 1 aliphatic heterocycles. The van der Waals surface area contributed by atoms with Crippen LogP contribution in [0.3, 0.4) is 0 Å². The number of hydrogen-bond acceptors (Lipinski definition) is 6. The van der Waals surface area contributed by atoms with E-state index in [-0.39, 0.29) is 5.97 Å². The molecular formula is C24H29N3O3. The monoisotopic (exact) mass is 407 g/mol. The number of methoxy groups -OCH3 is 1. The van der Waals surface area contributed by atoms with Crippen molar-refractivity contribution in [2.75, 3.05) is 12.8 Å². The van der Waals surface area contributed by atoms with Crippen LogP contribution in [0.25, 0.3) is 11.6 Å². The van der Waals surface area contributed by atoms with E-state index in [0.717, 1.165) is 42.4 Å². The van der Waals surface area contributed by atoms with Crippen LogP contribution in [0.5, 0.6) is 5.88 Å². The SMILES string of the molecule is COC(=O)CC1CCC(c2ccc(C3=Cc4c(N)ncnc4OC3(C)C)cc2)CC1. The highest BCUT2D eigenvalue weighted by molar-refractivity contribution is 5.91. The second-order valence-electron chi connectivity index (χ2n) is 8.77. The molecule has 1 aromatic carbocycles. The number of carbonyl (C=O) groups excluding carboxylic acids is 1. The van der Waals surface area contributed by atoms with Gasteiger partial charge in [0.1, 0.15) is 17.7 Å². The first-order valence-electron chi connectivity index (χ1n) is 10.6. The number of carbonyl (C=O) groups is 1. The van der Waals surface area contributed by atoms with Crippen LogP contribution in [0.4, 0.5) is 5.82 Å². The number of ether oxygens (including phenoxy) is 2. The molecule has 0 bridgehead atoms. The van der Waals surface area contributed by atoms with Crippen LogP contribution in [0.2, 0.25) is 0 Å². The zero-order valence-corrected chi connectivity index (χ0v) is 17.9. The van der Waals surface area contributed by atoms with Gasteiger partial charge in [-0.3, -0.25) is 4.79 Å². The van der Waals surface area contributed by atoms with Gasteiger partial charge in [-0.2, -0.15) is 0 Å². The summed E-state index contributed by atoms with van der Waals surface area (Å²) >= 11 is 0. The van der Waals surface area contributed by atoms with E-state index in [1.54, 1.807) is 0 Å². The summed E-state index contributed by atoms with van der Waals surface area (Å²) in [5, 5.41) is 0. The molecule has 2 heterocycles. The molecule has 2 aliphatic rings. The van der Waals surface area contributed by atoms with E-state index in [1.165, 1.54) is 19.0 Å². The minimum absolute atomic E-state index is 0.0963. The van der Waals surface area contributed by atoms with Crippen molar-refractivity contribution < 1.29 is 14.3 Å². The number of nitrogen functional groups attached to an aromatic ring is 1. The van der Waals surface area contributed by atoms with Crippen LogP contribution in [0.1, 0.15) is 68.6 Å². The van der Waals surface area contributed by atoms with Crippen LogP contribution in [0.15, 0.2) is 30.6 Å². The van der Waals surface area contributed by atoms with E-state index < -0.39 is 5.60 Å². The standard InChI is InChI=1S/C24H29N3O3/c1-24(2)20(13-19-22(25)26-14-27-23(19)30-24)18-10-8-17(9-11-18)16-6-4-15(5-7-16)12-21(28)29-3/h8-11,13-16H,4-7,12H2,1-3H3,(H2,25,26,27). The number of nitrogens with two attached hydrogens (primary N) is 1. The number of hydrogen-bond donors (Lipinski definition) is 1. The second-order valence-corrected chi connectivity index (χ2v) is 8.77. The van der Waals surface area contributed by atoms with E-state index in [2.05, 4.69) is 34.2 Å². The summed E-state index contributed by atoms with van der Waals surface area (Å²) in [6.07, 6.45) is 8.38. The molecule has 1 aromatic heterocycles. The molecular weight excluding hydrogens is 378 g/mol. The minimum atomic E-state index is -0.513. The fraction of sp³-hybridized carbons (Fsp3) is 0.458. The highest BCUT2D eigenvalue weighted by Crippen LogP contribution is 2.42. The summed E-state index contributed by atoms with van der Waals surface area (Å²) < 4.78 is 10.9. The van der Waals surface area contributed by atoms with Gasteiger partial charge in [0.25, 0.3) is 0 Å². The predicted molar refractivity (Wildman–Crippen MR) is 117 cm³/mol. The largest absolute Gasteiger partial charge is 0.469 e. The second kappa shape index (κ2) is 8.09. The zero-order valence-electron chi connectivity index (χ0n) is 17.9. The Morgan fingerprint density at radius 1 is 1.17 bits per heavy atom.